The van der Waals surface area contributed by atoms with Gasteiger partial charge in [-0.1, -0.05) is 30.3 Å². The summed E-state index contributed by atoms with van der Waals surface area (Å²) in [6, 6.07) is 13.4. The maximum atomic E-state index is 13.1. The SMILES string of the molecule is O=C(Nc1nccnn1)C(=O)c1cn(Cc2ccc(F)cc2)c2ccccc12. The molecule has 0 atom stereocenters. The monoisotopic (exact) mass is 375 g/mol. The average Bonchev–Trinajstić information content (AvgIpc) is 3.08. The summed E-state index contributed by atoms with van der Waals surface area (Å²) in [5.74, 6) is -1.92. The summed E-state index contributed by atoms with van der Waals surface area (Å²) in [5.41, 5.74) is 1.93. The third-order valence-corrected chi connectivity index (χ3v) is 4.21. The molecular weight excluding hydrogens is 361 g/mol. The second-order valence-corrected chi connectivity index (χ2v) is 6.06. The molecule has 0 spiro atoms. The van der Waals surface area contributed by atoms with Gasteiger partial charge in [-0.25, -0.2) is 9.37 Å². The van der Waals surface area contributed by atoms with Crippen molar-refractivity contribution in [3.8, 4) is 0 Å². The lowest BCUT2D eigenvalue weighted by atomic mass is 10.1. The van der Waals surface area contributed by atoms with E-state index in [9.17, 15) is 14.0 Å². The molecule has 1 amide bonds. The Morgan fingerprint density at radius 1 is 1.04 bits per heavy atom. The van der Waals surface area contributed by atoms with Crippen LogP contribution in [-0.2, 0) is 11.3 Å². The van der Waals surface area contributed by atoms with Crippen LogP contribution in [0.3, 0.4) is 0 Å². The Morgan fingerprint density at radius 2 is 1.82 bits per heavy atom. The van der Waals surface area contributed by atoms with E-state index in [0.29, 0.717) is 11.9 Å². The van der Waals surface area contributed by atoms with Crippen LogP contribution < -0.4 is 5.32 Å². The molecule has 2 aromatic heterocycles. The van der Waals surface area contributed by atoms with Crippen LogP contribution in [0.2, 0.25) is 0 Å². The van der Waals surface area contributed by atoms with E-state index in [-0.39, 0.29) is 17.3 Å². The van der Waals surface area contributed by atoms with E-state index < -0.39 is 11.7 Å². The van der Waals surface area contributed by atoms with Crippen molar-refractivity contribution in [2.45, 2.75) is 6.54 Å². The number of fused-ring (bicyclic) bond motifs is 1. The number of Topliss-reactive ketones (excluding diaryl/α,β-unsaturated/α-hetero) is 1. The normalized spacial score (nSPS) is 10.8. The smallest absolute Gasteiger partial charge is 0.299 e. The molecule has 2 heterocycles. The average molecular weight is 375 g/mol. The highest BCUT2D eigenvalue weighted by atomic mass is 19.1. The number of benzene rings is 2. The molecule has 2 aromatic carbocycles. The molecule has 0 radical (unpaired) electrons. The van der Waals surface area contributed by atoms with Gasteiger partial charge in [-0.05, 0) is 23.8 Å². The summed E-state index contributed by atoms with van der Waals surface area (Å²) in [5, 5.41) is 10.2. The Hall–Kier alpha value is -3.94. The van der Waals surface area contributed by atoms with Crippen molar-refractivity contribution < 1.29 is 14.0 Å². The van der Waals surface area contributed by atoms with Crippen molar-refractivity contribution in [3.63, 3.8) is 0 Å². The number of rotatable bonds is 5. The fraction of sp³-hybridized carbons (Fsp3) is 0.0500. The highest BCUT2D eigenvalue weighted by Crippen LogP contribution is 2.23. The van der Waals surface area contributed by atoms with Gasteiger partial charge in [-0.3, -0.25) is 14.9 Å². The van der Waals surface area contributed by atoms with Crippen LogP contribution in [0.1, 0.15) is 15.9 Å². The number of carbonyl (C=O) groups excluding carboxylic acids is 2. The van der Waals surface area contributed by atoms with E-state index in [2.05, 4.69) is 20.5 Å². The lowest BCUT2D eigenvalue weighted by Gasteiger charge is -2.05. The van der Waals surface area contributed by atoms with Gasteiger partial charge in [0.25, 0.3) is 11.7 Å². The molecule has 7 nitrogen and oxygen atoms in total. The van der Waals surface area contributed by atoms with Gasteiger partial charge >= 0.3 is 0 Å². The van der Waals surface area contributed by atoms with E-state index in [1.165, 1.54) is 24.5 Å². The van der Waals surface area contributed by atoms with Crippen LogP contribution in [0.15, 0.2) is 67.1 Å². The third-order valence-electron chi connectivity index (χ3n) is 4.21. The second kappa shape index (κ2) is 7.36. The van der Waals surface area contributed by atoms with Crippen LogP contribution in [0, 0.1) is 5.82 Å². The number of para-hydroxylation sites is 1. The first kappa shape index (κ1) is 17.5. The first-order valence-electron chi connectivity index (χ1n) is 8.43. The van der Waals surface area contributed by atoms with Gasteiger partial charge in [0.1, 0.15) is 5.82 Å². The zero-order valence-electron chi connectivity index (χ0n) is 14.5. The summed E-state index contributed by atoms with van der Waals surface area (Å²) in [6.07, 6.45) is 4.35. The van der Waals surface area contributed by atoms with Crippen LogP contribution in [-0.4, -0.2) is 31.4 Å². The van der Waals surface area contributed by atoms with Gasteiger partial charge in [0.15, 0.2) is 0 Å². The number of hydrogen-bond donors (Lipinski definition) is 1. The lowest BCUT2D eigenvalue weighted by molar-refractivity contribution is -0.112. The minimum Gasteiger partial charge on any atom is -0.342 e. The molecule has 0 aliphatic carbocycles. The highest BCUT2D eigenvalue weighted by Gasteiger charge is 2.22. The number of nitrogens with one attached hydrogen (secondary N) is 1. The van der Waals surface area contributed by atoms with E-state index in [1.54, 1.807) is 30.5 Å². The summed E-state index contributed by atoms with van der Waals surface area (Å²) in [6.45, 7) is 0.432. The fourth-order valence-corrected chi connectivity index (χ4v) is 2.93. The molecule has 0 aliphatic heterocycles. The molecule has 28 heavy (non-hydrogen) atoms. The summed E-state index contributed by atoms with van der Waals surface area (Å²) in [4.78, 5) is 28.9. The van der Waals surface area contributed by atoms with E-state index in [0.717, 1.165) is 11.1 Å². The van der Waals surface area contributed by atoms with Crippen molar-refractivity contribution in [2.24, 2.45) is 0 Å². The Kier molecular flexibility index (Phi) is 4.59. The quantitative estimate of drug-likeness (QED) is 0.428. The Bertz CT molecular complexity index is 1160. The van der Waals surface area contributed by atoms with Gasteiger partial charge < -0.3 is 4.57 Å². The third kappa shape index (κ3) is 3.48. The van der Waals surface area contributed by atoms with Crippen molar-refractivity contribution in [1.29, 1.82) is 0 Å². The van der Waals surface area contributed by atoms with E-state index in [1.807, 2.05) is 16.7 Å². The number of amides is 1. The number of carbonyl (C=O) groups is 2. The topological polar surface area (TPSA) is 89.8 Å². The van der Waals surface area contributed by atoms with Crippen molar-refractivity contribution in [3.05, 3.63) is 84.1 Å². The summed E-state index contributed by atoms with van der Waals surface area (Å²) >= 11 is 0. The molecule has 4 aromatic rings. The van der Waals surface area contributed by atoms with E-state index in [4.69, 9.17) is 0 Å². The van der Waals surface area contributed by atoms with Crippen molar-refractivity contribution >= 4 is 28.5 Å². The number of anilines is 1. The molecule has 0 unspecified atom stereocenters. The van der Waals surface area contributed by atoms with Crippen LogP contribution in [0.5, 0.6) is 0 Å². The predicted molar refractivity (Wildman–Crippen MR) is 100 cm³/mol. The molecule has 0 saturated heterocycles. The van der Waals surface area contributed by atoms with Gasteiger partial charge in [-0.2, -0.15) is 5.10 Å². The number of ketones is 1. The largest absolute Gasteiger partial charge is 0.342 e. The predicted octanol–water partition coefficient (Wildman–Crippen LogP) is 2.84. The molecule has 4 rings (SSSR count). The minimum absolute atomic E-state index is 0.0455. The van der Waals surface area contributed by atoms with Gasteiger partial charge in [0.05, 0.1) is 18.0 Å². The number of nitrogens with zero attached hydrogens (tertiary/aromatic N) is 4. The molecule has 0 saturated carbocycles. The van der Waals surface area contributed by atoms with E-state index >= 15 is 0 Å². The fourth-order valence-electron chi connectivity index (χ4n) is 2.93. The molecule has 0 bridgehead atoms. The molecule has 1 N–H and O–H groups in total. The molecule has 138 valence electrons. The highest BCUT2D eigenvalue weighted by molar-refractivity contribution is 6.48. The standard InChI is InChI=1S/C20H14FN5O2/c21-14-7-5-13(6-8-14)11-26-12-16(15-3-1-2-4-17(15)26)18(27)19(28)24-20-22-9-10-23-25-20/h1-10,12H,11H2,(H,22,24,25,28). The molecule has 0 aliphatic rings. The van der Waals surface area contributed by atoms with Crippen LogP contribution >= 0.6 is 0 Å². The Balaban J connectivity index is 1.66. The van der Waals surface area contributed by atoms with Crippen molar-refractivity contribution in [2.75, 3.05) is 5.32 Å². The number of hydrogen-bond acceptors (Lipinski definition) is 5. The first-order chi connectivity index (χ1) is 13.6. The summed E-state index contributed by atoms with van der Waals surface area (Å²) < 4.78 is 15.0. The van der Waals surface area contributed by atoms with Gasteiger partial charge in [-0.15, -0.1) is 5.10 Å². The number of halogens is 1. The van der Waals surface area contributed by atoms with Crippen molar-refractivity contribution in [1.82, 2.24) is 19.7 Å². The summed E-state index contributed by atoms with van der Waals surface area (Å²) in [7, 11) is 0. The molecule has 0 fully saturated rings. The molecule has 8 heteroatoms. The minimum atomic E-state index is -0.849. The number of aromatic nitrogens is 4. The zero-order valence-corrected chi connectivity index (χ0v) is 14.5. The van der Waals surface area contributed by atoms with Gasteiger partial charge in [0.2, 0.25) is 5.95 Å². The Morgan fingerprint density at radius 3 is 2.57 bits per heavy atom. The Labute approximate surface area is 158 Å². The zero-order chi connectivity index (χ0) is 19.5. The maximum Gasteiger partial charge on any atom is 0.299 e. The first-order valence-corrected chi connectivity index (χ1v) is 8.43. The maximum absolute atomic E-state index is 13.1. The van der Waals surface area contributed by atoms with Crippen LogP contribution in [0.4, 0.5) is 10.3 Å². The van der Waals surface area contributed by atoms with Crippen LogP contribution in [0.25, 0.3) is 10.9 Å². The van der Waals surface area contributed by atoms with Gasteiger partial charge in [0, 0.05) is 23.6 Å². The lowest BCUT2D eigenvalue weighted by Crippen LogP contribution is -2.24. The second-order valence-electron chi connectivity index (χ2n) is 6.06. The molecular formula is C20H14FN5O2.